The maximum Gasteiger partial charge on any atom is 0.333 e. The fourth-order valence-electron chi connectivity index (χ4n) is 8.07. The molecule has 8 nitrogen and oxygen atoms in total. The molecule has 5 rings (SSSR count). The molecule has 3 N–H and O–H groups in total. The summed E-state index contributed by atoms with van der Waals surface area (Å²) in [7, 11) is 0. The van der Waals surface area contributed by atoms with Gasteiger partial charge in [-0.25, -0.2) is 4.79 Å². The minimum atomic E-state index is -1.89. The SMILES string of the molecule is C/C=C(\C)C(=O)OC[C@]1(C)[C@H]2[C@@H]3C=C(CO)C[C@]4(O)C(=O)C(C)=C[C@H]4[C@@]3(O)[C@H](C)C[C@]21OC(=O)Cc1ccccc1. The highest BCUT2D eigenvalue weighted by molar-refractivity contribution is 6.04. The number of allylic oxidation sites excluding steroid dienone is 1. The van der Waals surface area contributed by atoms with E-state index in [0.29, 0.717) is 16.7 Å². The van der Waals surface area contributed by atoms with Gasteiger partial charge >= 0.3 is 11.9 Å². The van der Waals surface area contributed by atoms with Crippen LogP contribution in [-0.2, 0) is 30.3 Å². The molecule has 0 aromatic heterocycles. The van der Waals surface area contributed by atoms with Crippen LogP contribution >= 0.6 is 0 Å². The third kappa shape index (κ3) is 4.25. The van der Waals surface area contributed by atoms with Crippen molar-refractivity contribution in [3.63, 3.8) is 0 Å². The number of ketones is 1. The highest BCUT2D eigenvalue weighted by Gasteiger charge is 2.85. The molecule has 0 aliphatic heterocycles. The predicted octanol–water partition coefficient (Wildman–Crippen LogP) is 3.24. The van der Waals surface area contributed by atoms with Crippen LogP contribution in [0, 0.1) is 29.1 Å². The van der Waals surface area contributed by atoms with Gasteiger partial charge in [-0.1, -0.05) is 62.4 Å². The van der Waals surface area contributed by atoms with Crippen molar-refractivity contribution in [3.05, 3.63) is 70.8 Å². The molecule has 1 aromatic carbocycles. The van der Waals surface area contributed by atoms with E-state index in [1.54, 1.807) is 39.0 Å². The van der Waals surface area contributed by atoms with Gasteiger partial charge in [0, 0.05) is 35.2 Å². The van der Waals surface area contributed by atoms with Crippen LogP contribution < -0.4 is 0 Å². The number of esters is 2. The number of hydrogen-bond acceptors (Lipinski definition) is 8. The Balaban J connectivity index is 1.58. The van der Waals surface area contributed by atoms with E-state index in [4.69, 9.17) is 9.47 Å². The molecule has 0 bridgehead atoms. The van der Waals surface area contributed by atoms with E-state index in [0.717, 1.165) is 5.56 Å². The second kappa shape index (κ2) is 10.0. The van der Waals surface area contributed by atoms with Gasteiger partial charge in [-0.15, -0.1) is 0 Å². The van der Waals surface area contributed by atoms with Gasteiger partial charge in [0.05, 0.1) is 18.6 Å². The molecule has 4 aliphatic rings. The fourth-order valence-corrected chi connectivity index (χ4v) is 8.07. The Morgan fingerprint density at radius 3 is 2.46 bits per heavy atom. The number of carbonyl (C=O) groups excluding carboxylic acids is 3. The summed E-state index contributed by atoms with van der Waals surface area (Å²) in [6.45, 7) is 8.32. The van der Waals surface area contributed by atoms with E-state index in [1.807, 2.05) is 44.2 Å². The number of aliphatic hydroxyl groups is 3. The van der Waals surface area contributed by atoms with Gasteiger partial charge < -0.3 is 24.8 Å². The maximum absolute atomic E-state index is 13.4. The number of hydrogen-bond donors (Lipinski definition) is 3. The highest BCUT2D eigenvalue weighted by atomic mass is 16.6. The highest BCUT2D eigenvalue weighted by Crippen LogP contribution is 2.76. The lowest BCUT2D eigenvalue weighted by Gasteiger charge is -2.50. The number of ether oxygens (including phenoxy) is 2. The Morgan fingerprint density at radius 1 is 1.15 bits per heavy atom. The topological polar surface area (TPSA) is 130 Å². The molecule has 41 heavy (non-hydrogen) atoms. The van der Waals surface area contributed by atoms with E-state index in [9.17, 15) is 29.7 Å². The zero-order valence-electron chi connectivity index (χ0n) is 24.3. The fraction of sp³-hybridized carbons (Fsp3) is 0.545. The zero-order chi connectivity index (χ0) is 30.0. The largest absolute Gasteiger partial charge is 0.462 e. The Labute approximate surface area is 240 Å². The molecule has 0 spiro atoms. The second-order valence-electron chi connectivity index (χ2n) is 12.7. The van der Waals surface area contributed by atoms with Crippen molar-refractivity contribution in [2.24, 2.45) is 29.1 Å². The summed E-state index contributed by atoms with van der Waals surface area (Å²) in [5, 5.41) is 34.6. The van der Waals surface area contributed by atoms with Gasteiger partial charge in [0.15, 0.2) is 5.78 Å². The lowest BCUT2D eigenvalue weighted by Crippen LogP contribution is -2.61. The Bertz CT molecular complexity index is 1360. The third-order valence-corrected chi connectivity index (χ3v) is 10.4. The minimum Gasteiger partial charge on any atom is -0.462 e. The number of rotatable bonds is 7. The van der Waals surface area contributed by atoms with Crippen LogP contribution in [0.25, 0.3) is 0 Å². The molecule has 8 heteroatoms. The lowest BCUT2D eigenvalue weighted by atomic mass is 9.60. The van der Waals surface area contributed by atoms with Crippen molar-refractivity contribution >= 4 is 17.7 Å². The second-order valence-corrected chi connectivity index (χ2v) is 12.7. The van der Waals surface area contributed by atoms with Crippen LogP contribution in [0.2, 0.25) is 0 Å². The smallest absolute Gasteiger partial charge is 0.333 e. The normalized spacial score (nSPS) is 39.4. The molecule has 2 fully saturated rings. The monoisotopic (exact) mass is 564 g/mol. The number of Topliss-reactive ketones (excluding diaryl/α,β-unsaturated/α-hetero) is 1. The molecule has 4 aliphatic carbocycles. The van der Waals surface area contributed by atoms with Crippen molar-refractivity contribution in [3.8, 4) is 0 Å². The molecule has 1 aromatic rings. The summed E-state index contributed by atoms with van der Waals surface area (Å²) in [6, 6.07) is 9.27. The van der Waals surface area contributed by atoms with E-state index < -0.39 is 70.2 Å². The predicted molar refractivity (Wildman–Crippen MR) is 150 cm³/mol. The van der Waals surface area contributed by atoms with Crippen LogP contribution in [-0.4, -0.2) is 63.1 Å². The first-order valence-corrected chi connectivity index (χ1v) is 14.3. The number of carbonyl (C=O) groups is 3. The molecule has 0 amide bonds. The van der Waals surface area contributed by atoms with Gasteiger partial charge in [0.25, 0.3) is 0 Å². The molecule has 0 unspecified atom stereocenters. The number of fused-ring (bicyclic) bond motifs is 5. The standard InChI is InChI=1S/C33H40O8/c1-6-19(2)29(37)40-18-30(5)27-24-13-23(17-34)16-31(38)25(12-20(3)28(31)36)33(24,39)21(4)15-32(27,30)41-26(35)14-22-10-8-7-9-11-22/h6-13,21,24-25,27,34,38-39H,14-18H2,1-5H3/b19-6+/t21-,24+,25-,27-,30-,31-,32+,33-/m1/s1. The van der Waals surface area contributed by atoms with Gasteiger partial charge in [-0.3, -0.25) is 9.59 Å². The van der Waals surface area contributed by atoms with Crippen molar-refractivity contribution in [1.29, 1.82) is 0 Å². The molecule has 8 atom stereocenters. The molecule has 0 radical (unpaired) electrons. The quantitative estimate of drug-likeness (QED) is 0.261. The molecule has 220 valence electrons. The number of aliphatic hydroxyl groups excluding tert-OH is 1. The van der Waals surface area contributed by atoms with E-state index in [-0.39, 0.29) is 25.9 Å². The molecular formula is C33H40O8. The van der Waals surface area contributed by atoms with Crippen molar-refractivity contribution in [2.45, 2.75) is 70.7 Å². The van der Waals surface area contributed by atoms with E-state index in [2.05, 4.69) is 0 Å². The van der Waals surface area contributed by atoms with Gasteiger partial charge in [0.1, 0.15) is 17.8 Å². The van der Waals surface area contributed by atoms with Gasteiger partial charge in [-0.05, 0) is 49.8 Å². The van der Waals surface area contributed by atoms with Crippen LogP contribution in [0.4, 0.5) is 0 Å². The number of benzene rings is 1. The van der Waals surface area contributed by atoms with Crippen LogP contribution in [0.5, 0.6) is 0 Å². The molecule has 0 saturated heterocycles. The van der Waals surface area contributed by atoms with Crippen molar-refractivity contribution in [2.75, 3.05) is 13.2 Å². The Kier molecular flexibility index (Phi) is 7.20. The lowest BCUT2D eigenvalue weighted by molar-refractivity contribution is -0.187. The summed E-state index contributed by atoms with van der Waals surface area (Å²) in [6.07, 6.45) is 5.28. The first-order valence-electron chi connectivity index (χ1n) is 14.3. The van der Waals surface area contributed by atoms with Crippen LogP contribution in [0.3, 0.4) is 0 Å². The zero-order valence-corrected chi connectivity index (χ0v) is 24.3. The molecule has 2 saturated carbocycles. The summed E-state index contributed by atoms with van der Waals surface area (Å²) in [5.74, 6) is -4.00. The molecule has 0 heterocycles. The summed E-state index contributed by atoms with van der Waals surface area (Å²) >= 11 is 0. The average molecular weight is 565 g/mol. The third-order valence-electron chi connectivity index (χ3n) is 10.4. The van der Waals surface area contributed by atoms with Gasteiger partial charge in [0.2, 0.25) is 0 Å². The first kappa shape index (κ1) is 29.4. The van der Waals surface area contributed by atoms with Crippen molar-refractivity contribution < 1.29 is 39.2 Å². The van der Waals surface area contributed by atoms with Gasteiger partial charge in [-0.2, -0.15) is 0 Å². The summed E-state index contributed by atoms with van der Waals surface area (Å²) < 4.78 is 12.1. The summed E-state index contributed by atoms with van der Waals surface area (Å²) in [4.78, 5) is 39.3. The van der Waals surface area contributed by atoms with Crippen LogP contribution in [0.15, 0.2) is 65.3 Å². The Morgan fingerprint density at radius 2 is 1.83 bits per heavy atom. The average Bonchev–Trinajstić information content (AvgIpc) is 3.39. The van der Waals surface area contributed by atoms with E-state index in [1.165, 1.54) is 0 Å². The van der Waals surface area contributed by atoms with Crippen molar-refractivity contribution in [1.82, 2.24) is 0 Å². The maximum atomic E-state index is 13.4. The minimum absolute atomic E-state index is 0.0510. The Hall–Kier alpha value is -3.07. The summed E-state index contributed by atoms with van der Waals surface area (Å²) in [5.41, 5.74) is -3.35. The van der Waals surface area contributed by atoms with Crippen LogP contribution in [0.1, 0.15) is 53.0 Å². The first-order chi connectivity index (χ1) is 19.3. The molecular weight excluding hydrogens is 524 g/mol. The van der Waals surface area contributed by atoms with E-state index >= 15 is 0 Å².